The van der Waals surface area contributed by atoms with E-state index in [9.17, 15) is 0 Å². The fourth-order valence-corrected chi connectivity index (χ4v) is 3.98. The van der Waals surface area contributed by atoms with E-state index in [0.717, 1.165) is 13.1 Å². The number of aromatic nitrogens is 2. The van der Waals surface area contributed by atoms with Gasteiger partial charge in [-0.15, -0.1) is 0 Å². The molecule has 0 fully saturated rings. The Morgan fingerprint density at radius 3 is 1.30 bits per heavy atom. The molecule has 0 atom stereocenters. The molecule has 0 unspecified atom stereocenters. The van der Waals surface area contributed by atoms with Gasteiger partial charge in [0.25, 0.3) is 0 Å². The van der Waals surface area contributed by atoms with Gasteiger partial charge in [-0.1, -0.05) is 24.3 Å². The summed E-state index contributed by atoms with van der Waals surface area (Å²) in [6.45, 7) is 6.54. The Morgan fingerprint density at radius 1 is 0.500 bits per heavy atom. The van der Waals surface area contributed by atoms with E-state index >= 15 is 0 Å². The average molecular weight is 403 g/mol. The minimum Gasteiger partial charge on any atom is -0.205 e. The summed E-state index contributed by atoms with van der Waals surface area (Å²) in [6.07, 6.45) is 18.9. The molecule has 158 valence electrons. The van der Waals surface area contributed by atoms with Crippen LogP contribution in [-0.4, -0.2) is 0 Å². The zero-order valence-corrected chi connectivity index (χ0v) is 18.9. The summed E-state index contributed by atoms with van der Waals surface area (Å²) < 4.78 is 4.60. The van der Waals surface area contributed by atoms with Crippen LogP contribution in [-0.2, 0) is 25.9 Å². The standard InChI is InChI=1S/C28H38N2/c1-25-15-21-29(22-16-25)19-9-3-5-11-27-13-7-8-14-28(27)12-6-4-10-20-30-23-17-26(2)18-24-30/h7-8,13-18,21-24H,3-6,9-12,19-20H2,1-2H3/q+2. The molecule has 0 aliphatic rings. The molecule has 0 amide bonds. The lowest BCUT2D eigenvalue weighted by Gasteiger charge is -2.09. The molecule has 0 N–H and O–H groups in total. The second-order valence-corrected chi connectivity index (χ2v) is 8.62. The second-order valence-electron chi connectivity index (χ2n) is 8.62. The van der Waals surface area contributed by atoms with Gasteiger partial charge in [-0.05, 0) is 74.6 Å². The molecule has 0 saturated heterocycles. The van der Waals surface area contributed by atoms with Crippen LogP contribution >= 0.6 is 0 Å². The summed E-state index contributed by atoms with van der Waals surface area (Å²) in [4.78, 5) is 0. The molecular formula is C28H38N2+2. The van der Waals surface area contributed by atoms with E-state index in [0.29, 0.717) is 0 Å². The second kappa shape index (κ2) is 12.3. The average Bonchev–Trinajstić information content (AvgIpc) is 2.77. The first-order chi connectivity index (χ1) is 14.7. The molecule has 2 nitrogen and oxygen atoms in total. The SMILES string of the molecule is Cc1cc[n+](CCCCCc2ccccc2CCCCC[n+]2ccc(C)cc2)cc1. The van der Waals surface area contributed by atoms with Gasteiger partial charge in [0.1, 0.15) is 13.1 Å². The third kappa shape index (κ3) is 7.74. The lowest BCUT2D eigenvalue weighted by atomic mass is 9.97. The zero-order chi connectivity index (χ0) is 21.0. The number of rotatable bonds is 12. The van der Waals surface area contributed by atoms with Crippen molar-refractivity contribution in [3.8, 4) is 0 Å². The lowest BCUT2D eigenvalue weighted by molar-refractivity contribution is -0.697. The van der Waals surface area contributed by atoms with Gasteiger partial charge in [-0.3, -0.25) is 0 Å². The number of aryl methyl sites for hydroxylation is 6. The van der Waals surface area contributed by atoms with E-state index in [1.165, 1.54) is 62.5 Å². The minimum atomic E-state index is 1.13. The molecule has 3 rings (SSSR count). The van der Waals surface area contributed by atoms with Gasteiger partial charge < -0.3 is 0 Å². The maximum atomic E-state index is 2.34. The van der Waals surface area contributed by atoms with E-state index in [2.05, 4.69) is 96.3 Å². The molecule has 0 aliphatic heterocycles. The van der Waals surface area contributed by atoms with E-state index in [4.69, 9.17) is 0 Å². The van der Waals surface area contributed by atoms with Gasteiger partial charge in [0.15, 0.2) is 24.8 Å². The number of unbranched alkanes of at least 4 members (excludes halogenated alkanes) is 4. The van der Waals surface area contributed by atoms with Crippen molar-refractivity contribution in [3.05, 3.63) is 95.6 Å². The number of nitrogens with zero attached hydrogens (tertiary/aromatic N) is 2. The van der Waals surface area contributed by atoms with E-state index in [1.54, 1.807) is 11.1 Å². The smallest absolute Gasteiger partial charge is 0.169 e. The molecule has 0 aliphatic carbocycles. The Kier molecular flexibility index (Phi) is 9.08. The van der Waals surface area contributed by atoms with Gasteiger partial charge in [-0.25, -0.2) is 9.13 Å². The first kappa shape index (κ1) is 22.2. The zero-order valence-electron chi connectivity index (χ0n) is 18.9. The Morgan fingerprint density at radius 2 is 0.900 bits per heavy atom. The van der Waals surface area contributed by atoms with Crippen LogP contribution in [0, 0.1) is 13.8 Å². The summed E-state index contributed by atoms with van der Waals surface area (Å²) in [7, 11) is 0. The summed E-state index contributed by atoms with van der Waals surface area (Å²) in [5.74, 6) is 0. The third-order valence-corrected chi connectivity index (χ3v) is 5.96. The Bertz CT molecular complexity index is 791. The number of benzene rings is 1. The van der Waals surface area contributed by atoms with E-state index in [-0.39, 0.29) is 0 Å². The largest absolute Gasteiger partial charge is 0.205 e. The monoisotopic (exact) mass is 402 g/mol. The highest BCUT2D eigenvalue weighted by molar-refractivity contribution is 5.27. The van der Waals surface area contributed by atoms with Crippen molar-refractivity contribution in [1.29, 1.82) is 0 Å². The molecule has 0 spiro atoms. The van der Waals surface area contributed by atoms with Gasteiger partial charge in [0, 0.05) is 37.1 Å². The van der Waals surface area contributed by atoms with E-state index < -0.39 is 0 Å². The van der Waals surface area contributed by atoms with Gasteiger partial charge in [0.2, 0.25) is 0 Å². The highest BCUT2D eigenvalue weighted by atomic mass is 14.9. The Hall–Kier alpha value is -2.48. The maximum Gasteiger partial charge on any atom is 0.169 e. The highest BCUT2D eigenvalue weighted by Crippen LogP contribution is 2.16. The number of pyridine rings is 2. The van der Waals surface area contributed by atoms with Crippen LogP contribution in [0.2, 0.25) is 0 Å². The molecule has 2 heteroatoms. The predicted molar refractivity (Wildman–Crippen MR) is 124 cm³/mol. The van der Waals surface area contributed by atoms with Crippen LogP contribution in [0.1, 0.15) is 60.8 Å². The minimum absolute atomic E-state index is 1.13. The third-order valence-electron chi connectivity index (χ3n) is 5.96. The van der Waals surface area contributed by atoms with Crippen LogP contribution in [0.5, 0.6) is 0 Å². The van der Waals surface area contributed by atoms with Crippen LogP contribution in [0.15, 0.2) is 73.3 Å². The first-order valence-electron chi connectivity index (χ1n) is 11.7. The maximum absolute atomic E-state index is 2.34. The summed E-state index contributed by atoms with van der Waals surface area (Å²) in [6, 6.07) is 17.8. The van der Waals surface area contributed by atoms with Crippen molar-refractivity contribution in [2.24, 2.45) is 0 Å². The van der Waals surface area contributed by atoms with Crippen molar-refractivity contribution in [3.63, 3.8) is 0 Å². The first-order valence-corrected chi connectivity index (χ1v) is 11.7. The molecule has 0 radical (unpaired) electrons. The van der Waals surface area contributed by atoms with Crippen molar-refractivity contribution in [1.82, 2.24) is 0 Å². The predicted octanol–water partition coefficient (Wildman–Crippen LogP) is 5.70. The van der Waals surface area contributed by atoms with Crippen LogP contribution in [0.3, 0.4) is 0 Å². The molecule has 1 aromatic carbocycles. The Labute approximate surface area is 183 Å². The molecule has 0 saturated carbocycles. The normalized spacial score (nSPS) is 11.0. The molecule has 30 heavy (non-hydrogen) atoms. The summed E-state index contributed by atoms with van der Waals surface area (Å²) in [5, 5.41) is 0. The Balaban J connectivity index is 1.33. The van der Waals surface area contributed by atoms with Gasteiger partial charge in [-0.2, -0.15) is 0 Å². The number of hydrogen-bond donors (Lipinski definition) is 0. The molecule has 2 heterocycles. The van der Waals surface area contributed by atoms with Gasteiger partial charge in [0.05, 0.1) is 0 Å². The molecular weight excluding hydrogens is 364 g/mol. The van der Waals surface area contributed by atoms with Crippen LogP contribution in [0.25, 0.3) is 0 Å². The van der Waals surface area contributed by atoms with Crippen molar-refractivity contribution in [2.45, 2.75) is 78.3 Å². The van der Waals surface area contributed by atoms with Crippen molar-refractivity contribution < 1.29 is 9.13 Å². The fourth-order valence-electron chi connectivity index (χ4n) is 3.98. The van der Waals surface area contributed by atoms with Crippen molar-refractivity contribution >= 4 is 0 Å². The van der Waals surface area contributed by atoms with Crippen LogP contribution < -0.4 is 9.13 Å². The highest BCUT2D eigenvalue weighted by Gasteiger charge is 2.05. The fraction of sp³-hybridized carbons (Fsp3) is 0.429. The topological polar surface area (TPSA) is 7.76 Å². The number of hydrogen-bond acceptors (Lipinski definition) is 0. The summed E-state index contributed by atoms with van der Waals surface area (Å²) >= 11 is 0. The van der Waals surface area contributed by atoms with Crippen LogP contribution in [0.4, 0.5) is 0 Å². The quantitative estimate of drug-likeness (QED) is 0.271. The molecule has 0 bridgehead atoms. The van der Waals surface area contributed by atoms with Crippen molar-refractivity contribution in [2.75, 3.05) is 0 Å². The molecule has 2 aromatic heterocycles. The lowest BCUT2D eigenvalue weighted by Crippen LogP contribution is -2.32. The van der Waals surface area contributed by atoms with Gasteiger partial charge >= 0.3 is 0 Å². The summed E-state index contributed by atoms with van der Waals surface area (Å²) in [5.41, 5.74) is 5.79. The van der Waals surface area contributed by atoms with E-state index in [1.807, 2.05) is 0 Å². The molecule has 3 aromatic rings.